The molecule has 116 valence electrons. The molecule has 1 N–H and O–H groups in total. The molecule has 1 aromatic carbocycles. The number of rotatable bonds is 1. The minimum absolute atomic E-state index is 0.0164. The zero-order chi connectivity index (χ0) is 15.9. The first-order valence-corrected chi connectivity index (χ1v) is 6.92. The Labute approximate surface area is 128 Å². The number of halogens is 4. The molecule has 0 atom stereocenters. The minimum atomic E-state index is -4.86. The smallest absolute Gasteiger partial charge is 0.330 e. The van der Waals surface area contributed by atoms with Crippen LogP contribution in [-0.2, 0) is 17.8 Å². The summed E-state index contributed by atoms with van der Waals surface area (Å²) in [6.07, 6.45) is -4.55. The van der Waals surface area contributed by atoms with Gasteiger partial charge in [0.05, 0.1) is 5.69 Å². The van der Waals surface area contributed by atoms with Crippen LogP contribution in [0.15, 0.2) is 24.3 Å². The first-order chi connectivity index (χ1) is 10.4. The molecule has 1 aliphatic heterocycles. The summed E-state index contributed by atoms with van der Waals surface area (Å²) in [4.78, 5) is 12.2. The molecule has 0 saturated carbocycles. The molecular weight excluding hydrogens is 319 g/mol. The standard InChI is InChI=1S/C14H11ClF3N3O/c15-9-3-1-2-8(6-9)12-10-7-21(13(22)14(16,17)18)5-4-11(10)19-20-12/h1-3,6H,4-5,7H2,(H,19,20). The molecule has 3 rings (SSSR count). The fourth-order valence-corrected chi connectivity index (χ4v) is 2.71. The summed E-state index contributed by atoms with van der Waals surface area (Å²) in [5.74, 6) is -1.82. The largest absolute Gasteiger partial charge is 0.471 e. The lowest BCUT2D eigenvalue weighted by atomic mass is 10.0. The summed E-state index contributed by atoms with van der Waals surface area (Å²) >= 11 is 5.93. The highest BCUT2D eigenvalue weighted by molar-refractivity contribution is 6.30. The van der Waals surface area contributed by atoms with Gasteiger partial charge in [0.1, 0.15) is 0 Å². The van der Waals surface area contributed by atoms with E-state index in [9.17, 15) is 18.0 Å². The van der Waals surface area contributed by atoms with Gasteiger partial charge in [0, 0.05) is 41.4 Å². The molecule has 2 aromatic rings. The highest BCUT2D eigenvalue weighted by Crippen LogP contribution is 2.31. The molecule has 0 radical (unpaired) electrons. The van der Waals surface area contributed by atoms with Gasteiger partial charge < -0.3 is 4.90 Å². The first kappa shape index (κ1) is 14.9. The third-order valence-electron chi connectivity index (χ3n) is 3.56. The number of H-pyrrole nitrogens is 1. The molecular formula is C14H11ClF3N3O. The Morgan fingerprint density at radius 3 is 2.82 bits per heavy atom. The average Bonchev–Trinajstić information content (AvgIpc) is 2.88. The monoisotopic (exact) mass is 329 g/mol. The van der Waals surface area contributed by atoms with Gasteiger partial charge in [-0.05, 0) is 12.1 Å². The summed E-state index contributed by atoms with van der Waals surface area (Å²) in [6, 6.07) is 6.89. The summed E-state index contributed by atoms with van der Waals surface area (Å²) in [5, 5.41) is 7.50. The summed E-state index contributed by atoms with van der Waals surface area (Å²) in [6.45, 7) is -0.103. The topological polar surface area (TPSA) is 49.0 Å². The molecule has 0 spiro atoms. The number of amides is 1. The number of hydrogen-bond donors (Lipinski definition) is 1. The van der Waals surface area contributed by atoms with E-state index in [1.54, 1.807) is 24.3 Å². The highest BCUT2D eigenvalue weighted by Gasteiger charge is 2.43. The van der Waals surface area contributed by atoms with E-state index < -0.39 is 12.1 Å². The molecule has 2 heterocycles. The van der Waals surface area contributed by atoms with Crippen molar-refractivity contribution in [1.29, 1.82) is 0 Å². The Balaban J connectivity index is 1.94. The van der Waals surface area contributed by atoms with E-state index in [-0.39, 0.29) is 13.1 Å². The van der Waals surface area contributed by atoms with Gasteiger partial charge in [0.15, 0.2) is 0 Å². The van der Waals surface area contributed by atoms with Crippen molar-refractivity contribution < 1.29 is 18.0 Å². The maximum Gasteiger partial charge on any atom is 0.471 e. The number of carbonyl (C=O) groups is 1. The van der Waals surface area contributed by atoms with Crippen molar-refractivity contribution in [2.24, 2.45) is 0 Å². The third-order valence-corrected chi connectivity index (χ3v) is 3.80. The van der Waals surface area contributed by atoms with Crippen molar-refractivity contribution in [3.05, 3.63) is 40.5 Å². The molecule has 4 nitrogen and oxygen atoms in total. The first-order valence-electron chi connectivity index (χ1n) is 6.54. The molecule has 1 aliphatic rings. The van der Waals surface area contributed by atoms with E-state index >= 15 is 0 Å². The second kappa shape index (κ2) is 5.31. The normalized spacial score (nSPS) is 14.8. The van der Waals surface area contributed by atoms with Crippen LogP contribution in [0.5, 0.6) is 0 Å². The van der Waals surface area contributed by atoms with Crippen molar-refractivity contribution >= 4 is 17.5 Å². The van der Waals surface area contributed by atoms with E-state index in [2.05, 4.69) is 10.2 Å². The fourth-order valence-electron chi connectivity index (χ4n) is 2.52. The lowest BCUT2D eigenvalue weighted by Crippen LogP contribution is -2.43. The molecule has 22 heavy (non-hydrogen) atoms. The SMILES string of the molecule is O=C(N1CCc2[nH]nc(-c3cccc(Cl)c3)c2C1)C(F)(F)F. The van der Waals surface area contributed by atoms with Crippen LogP contribution in [0.25, 0.3) is 11.3 Å². The van der Waals surface area contributed by atoms with Gasteiger partial charge >= 0.3 is 12.1 Å². The maximum atomic E-state index is 12.6. The van der Waals surface area contributed by atoms with Gasteiger partial charge in [-0.2, -0.15) is 18.3 Å². The number of fused-ring (bicyclic) bond motifs is 1. The molecule has 8 heteroatoms. The van der Waals surface area contributed by atoms with Crippen molar-refractivity contribution in [3.8, 4) is 11.3 Å². The van der Waals surface area contributed by atoms with Gasteiger partial charge in [-0.3, -0.25) is 9.89 Å². The van der Waals surface area contributed by atoms with Crippen molar-refractivity contribution in [1.82, 2.24) is 15.1 Å². The van der Waals surface area contributed by atoms with Crippen molar-refractivity contribution in [3.63, 3.8) is 0 Å². The fraction of sp³-hybridized carbons (Fsp3) is 0.286. The van der Waals surface area contributed by atoms with Crippen LogP contribution < -0.4 is 0 Å². The second-order valence-corrected chi connectivity index (χ2v) is 5.45. The summed E-state index contributed by atoms with van der Waals surface area (Å²) in [7, 11) is 0. The minimum Gasteiger partial charge on any atom is -0.330 e. The molecule has 0 unspecified atom stereocenters. The summed E-state index contributed by atoms with van der Waals surface area (Å²) in [5.41, 5.74) is 2.58. The third kappa shape index (κ3) is 2.68. The van der Waals surface area contributed by atoms with E-state index in [4.69, 9.17) is 11.6 Å². The molecule has 0 aliphatic carbocycles. The zero-order valence-electron chi connectivity index (χ0n) is 11.2. The predicted octanol–water partition coefficient (Wildman–Crippen LogP) is 3.18. The van der Waals surface area contributed by atoms with Crippen molar-refractivity contribution in [2.75, 3.05) is 6.54 Å². The van der Waals surface area contributed by atoms with E-state index in [1.165, 1.54) is 0 Å². The van der Waals surface area contributed by atoms with Crippen LogP contribution in [0.1, 0.15) is 11.3 Å². The van der Waals surface area contributed by atoms with Gasteiger partial charge in [-0.1, -0.05) is 23.7 Å². The van der Waals surface area contributed by atoms with E-state index in [1.807, 2.05) is 0 Å². The van der Waals surface area contributed by atoms with Crippen LogP contribution in [0.3, 0.4) is 0 Å². The van der Waals surface area contributed by atoms with E-state index in [0.717, 1.165) is 10.6 Å². The zero-order valence-corrected chi connectivity index (χ0v) is 12.0. The maximum absolute atomic E-state index is 12.6. The number of alkyl halides is 3. The number of carbonyl (C=O) groups excluding carboxylic acids is 1. The Hall–Kier alpha value is -2.02. The molecule has 1 amide bonds. The Morgan fingerprint density at radius 1 is 1.36 bits per heavy atom. The summed E-state index contributed by atoms with van der Waals surface area (Å²) < 4.78 is 37.7. The number of hydrogen-bond acceptors (Lipinski definition) is 2. The van der Waals surface area contributed by atoms with Gasteiger partial charge in [-0.15, -0.1) is 0 Å². The van der Waals surface area contributed by atoms with Crippen LogP contribution in [0, 0.1) is 0 Å². The number of nitrogens with one attached hydrogen (secondary N) is 1. The van der Waals surface area contributed by atoms with Crippen LogP contribution in [0.2, 0.25) is 5.02 Å². The number of aromatic nitrogens is 2. The van der Waals surface area contributed by atoms with Crippen LogP contribution >= 0.6 is 11.6 Å². The predicted molar refractivity (Wildman–Crippen MR) is 74.2 cm³/mol. The molecule has 1 aromatic heterocycles. The Kier molecular flexibility index (Phi) is 3.60. The molecule has 0 fully saturated rings. The van der Waals surface area contributed by atoms with Crippen LogP contribution in [0.4, 0.5) is 13.2 Å². The molecule has 0 bridgehead atoms. The second-order valence-electron chi connectivity index (χ2n) is 5.01. The van der Waals surface area contributed by atoms with Gasteiger partial charge in [-0.25, -0.2) is 0 Å². The highest BCUT2D eigenvalue weighted by atomic mass is 35.5. The van der Waals surface area contributed by atoms with Crippen LogP contribution in [-0.4, -0.2) is 33.7 Å². The van der Waals surface area contributed by atoms with E-state index in [0.29, 0.717) is 28.3 Å². The Bertz CT molecular complexity index is 726. The number of benzene rings is 1. The lowest BCUT2D eigenvalue weighted by Gasteiger charge is -2.27. The van der Waals surface area contributed by atoms with Crippen molar-refractivity contribution in [2.45, 2.75) is 19.1 Å². The van der Waals surface area contributed by atoms with Gasteiger partial charge in [0.2, 0.25) is 0 Å². The molecule has 0 saturated heterocycles. The lowest BCUT2D eigenvalue weighted by molar-refractivity contribution is -0.186. The number of aromatic amines is 1. The number of nitrogens with zero attached hydrogens (tertiary/aromatic N) is 2. The Morgan fingerprint density at radius 2 is 2.14 bits per heavy atom. The van der Waals surface area contributed by atoms with Gasteiger partial charge in [0.25, 0.3) is 0 Å². The average molecular weight is 330 g/mol. The quantitative estimate of drug-likeness (QED) is 0.873.